The van der Waals surface area contributed by atoms with Crippen molar-refractivity contribution in [2.24, 2.45) is 0 Å². The van der Waals surface area contributed by atoms with Gasteiger partial charge >= 0.3 is 5.97 Å². The fourth-order valence-corrected chi connectivity index (χ4v) is 2.70. The predicted octanol–water partition coefficient (Wildman–Crippen LogP) is 3.71. The molecule has 1 aromatic carbocycles. The molecular weight excluding hydrogens is 300 g/mol. The number of carbonyl (C=O) groups is 2. The number of nitrogens with zero attached hydrogens (tertiary/aromatic N) is 1. The van der Waals surface area contributed by atoms with Crippen LogP contribution in [0.15, 0.2) is 29.6 Å². The molecule has 1 atom stereocenters. The Hall–Kier alpha value is -2.21. The van der Waals surface area contributed by atoms with Crippen LogP contribution in [-0.2, 0) is 4.79 Å². The number of carbonyl (C=O) groups excluding carboxylic acids is 1. The summed E-state index contributed by atoms with van der Waals surface area (Å²) in [5.41, 5.74) is 1.59. The lowest BCUT2D eigenvalue weighted by molar-refractivity contribution is -0.138. The zero-order chi connectivity index (χ0) is 16.3. The Labute approximate surface area is 133 Å². The number of benzene rings is 1. The van der Waals surface area contributed by atoms with Gasteiger partial charge in [0.2, 0.25) is 0 Å². The summed E-state index contributed by atoms with van der Waals surface area (Å²) in [5, 5.41) is 14.4. The summed E-state index contributed by atoms with van der Waals surface area (Å²) in [7, 11) is 0. The Bertz CT molecular complexity index is 694. The number of nitrogens with one attached hydrogen (secondary N) is 1. The number of carboxylic acids is 1. The van der Waals surface area contributed by atoms with Crippen LogP contribution < -0.4 is 5.32 Å². The predicted molar refractivity (Wildman–Crippen MR) is 86.6 cm³/mol. The fourth-order valence-electron chi connectivity index (χ4n) is 1.88. The quantitative estimate of drug-likeness (QED) is 0.881. The Morgan fingerprint density at radius 2 is 2.00 bits per heavy atom. The molecule has 1 unspecified atom stereocenters. The van der Waals surface area contributed by atoms with Gasteiger partial charge in [0.15, 0.2) is 0 Å². The first-order valence-corrected chi connectivity index (χ1v) is 7.86. The zero-order valence-corrected chi connectivity index (χ0v) is 13.5. The van der Waals surface area contributed by atoms with E-state index in [1.807, 2.05) is 13.8 Å². The van der Waals surface area contributed by atoms with Gasteiger partial charge < -0.3 is 10.4 Å². The molecule has 5 nitrogen and oxygen atoms in total. The van der Waals surface area contributed by atoms with Crippen LogP contribution in [0.1, 0.15) is 53.7 Å². The van der Waals surface area contributed by atoms with E-state index in [0.29, 0.717) is 16.9 Å². The van der Waals surface area contributed by atoms with Crippen molar-refractivity contribution in [1.29, 1.82) is 0 Å². The summed E-state index contributed by atoms with van der Waals surface area (Å²) in [4.78, 5) is 27.5. The first-order chi connectivity index (χ1) is 10.4. The van der Waals surface area contributed by atoms with E-state index in [9.17, 15) is 9.59 Å². The van der Waals surface area contributed by atoms with Crippen molar-refractivity contribution in [3.8, 4) is 0 Å². The SMILES string of the molecule is CC(C)c1nc(C(=O)Nc2cccc(C(C)C(=O)O)c2)cs1. The van der Waals surface area contributed by atoms with Gasteiger partial charge in [-0.25, -0.2) is 4.98 Å². The van der Waals surface area contributed by atoms with E-state index in [1.165, 1.54) is 11.3 Å². The fraction of sp³-hybridized carbons (Fsp3) is 0.312. The van der Waals surface area contributed by atoms with Crippen molar-refractivity contribution >= 4 is 28.9 Å². The summed E-state index contributed by atoms with van der Waals surface area (Å²) in [5.74, 6) is -1.53. The highest BCUT2D eigenvalue weighted by Crippen LogP contribution is 2.22. The largest absolute Gasteiger partial charge is 0.481 e. The van der Waals surface area contributed by atoms with E-state index in [1.54, 1.807) is 36.6 Å². The number of aromatic nitrogens is 1. The summed E-state index contributed by atoms with van der Waals surface area (Å²) in [6.07, 6.45) is 0. The standard InChI is InChI=1S/C16H18N2O3S/c1-9(2)15-18-13(8-22-15)14(19)17-12-6-4-5-11(7-12)10(3)16(20)21/h4-10H,1-3H3,(H,17,19)(H,20,21). The molecule has 116 valence electrons. The van der Waals surface area contributed by atoms with Crippen LogP contribution in [0.25, 0.3) is 0 Å². The summed E-state index contributed by atoms with van der Waals surface area (Å²) in [6, 6.07) is 6.86. The van der Waals surface area contributed by atoms with Crippen LogP contribution in [0.2, 0.25) is 0 Å². The van der Waals surface area contributed by atoms with E-state index in [2.05, 4.69) is 10.3 Å². The van der Waals surface area contributed by atoms with Gasteiger partial charge in [-0.2, -0.15) is 0 Å². The summed E-state index contributed by atoms with van der Waals surface area (Å²) >= 11 is 1.46. The maximum absolute atomic E-state index is 12.2. The Balaban J connectivity index is 2.14. The molecule has 2 aromatic rings. The van der Waals surface area contributed by atoms with Crippen LogP contribution in [0.4, 0.5) is 5.69 Å². The molecule has 0 aliphatic rings. The first kappa shape index (κ1) is 16.2. The van der Waals surface area contributed by atoms with Crippen LogP contribution in [0, 0.1) is 0 Å². The number of anilines is 1. The highest BCUT2D eigenvalue weighted by Gasteiger charge is 2.16. The molecule has 0 saturated carbocycles. The van der Waals surface area contributed by atoms with Crippen molar-refractivity contribution in [2.75, 3.05) is 5.32 Å². The average molecular weight is 318 g/mol. The first-order valence-electron chi connectivity index (χ1n) is 6.98. The third kappa shape index (κ3) is 3.71. The van der Waals surface area contributed by atoms with Crippen molar-refractivity contribution in [3.63, 3.8) is 0 Å². The minimum Gasteiger partial charge on any atom is -0.481 e. The molecule has 2 N–H and O–H groups in total. The van der Waals surface area contributed by atoms with Crippen molar-refractivity contribution in [1.82, 2.24) is 4.98 Å². The molecule has 0 aliphatic heterocycles. The summed E-state index contributed by atoms with van der Waals surface area (Å²) in [6.45, 7) is 5.66. The number of carboxylic acid groups (broad SMARTS) is 1. The van der Waals surface area contributed by atoms with E-state index in [-0.39, 0.29) is 11.8 Å². The molecule has 2 rings (SSSR count). The Morgan fingerprint density at radius 3 is 2.59 bits per heavy atom. The highest BCUT2D eigenvalue weighted by atomic mass is 32.1. The maximum Gasteiger partial charge on any atom is 0.310 e. The van der Waals surface area contributed by atoms with Gasteiger partial charge in [0.1, 0.15) is 5.69 Å². The number of amides is 1. The molecule has 0 spiro atoms. The zero-order valence-electron chi connectivity index (χ0n) is 12.7. The van der Waals surface area contributed by atoms with Crippen LogP contribution >= 0.6 is 11.3 Å². The minimum absolute atomic E-state index is 0.284. The van der Waals surface area contributed by atoms with Crippen LogP contribution in [0.5, 0.6) is 0 Å². The average Bonchev–Trinajstić information content (AvgIpc) is 2.96. The second kappa shape index (κ2) is 6.70. The third-order valence-electron chi connectivity index (χ3n) is 3.26. The van der Waals surface area contributed by atoms with Gasteiger partial charge in [0, 0.05) is 17.0 Å². The molecule has 0 fully saturated rings. The third-order valence-corrected chi connectivity index (χ3v) is 4.41. The van der Waals surface area contributed by atoms with Crippen molar-refractivity contribution < 1.29 is 14.7 Å². The van der Waals surface area contributed by atoms with E-state index >= 15 is 0 Å². The number of hydrogen-bond donors (Lipinski definition) is 2. The molecule has 0 bridgehead atoms. The van der Waals surface area contributed by atoms with Gasteiger partial charge in [-0.1, -0.05) is 26.0 Å². The van der Waals surface area contributed by atoms with Gasteiger partial charge in [0.05, 0.1) is 10.9 Å². The smallest absolute Gasteiger partial charge is 0.310 e. The number of aliphatic carboxylic acids is 1. The number of hydrogen-bond acceptors (Lipinski definition) is 4. The Kier molecular flexibility index (Phi) is 4.92. The van der Waals surface area contributed by atoms with Crippen molar-refractivity contribution in [3.05, 3.63) is 45.9 Å². The van der Waals surface area contributed by atoms with Crippen LogP contribution in [-0.4, -0.2) is 22.0 Å². The molecule has 0 aliphatic carbocycles. The highest BCUT2D eigenvalue weighted by molar-refractivity contribution is 7.09. The molecule has 0 radical (unpaired) electrons. The van der Waals surface area contributed by atoms with Crippen molar-refractivity contribution in [2.45, 2.75) is 32.6 Å². The monoisotopic (exact) mass is 318 g/mol. The lowest BCUT2D eigenvalue weighted by atomic mass is 10.0. The Morgan fingerprint density at radius 1 is 1.27 bits per heavy atom. The molecule has 22 heavy (non-hydrogen) atoms. The molecule has 1 heterocycles. The maximum atomic E-state index is 12.2. The van der Waals surface area contributed by atoms with E-state index in [4.69, 9.17) is 5.11 Å². The van der Waals surface area contributed by atoms with Gasteiger partial charge in [0.25, 0.3) is 5.91 Å². The number of thiazole rings is 1. The molecule has 6 heteroatoms. The normalized spacial score (nSPS) is 12.2. The van der Waals surface area contributed by atoms with Gasteiger partial charge in [-0.05, 0) is 24.6 Å². The second-order valence-electron chi connectivity index (χ2n) is 5.37. The molecule has 1 amide bonds. The number of rotatable bonds is 5. The molecular formula is C16H18N2O3S. The summed E-state index contributed by atoms with van der Waals surface area (Å²) < 4.78 is 0. The van der Waals surface area contributed by atoms with Gasteiger partial charge in [-0.3, -0.25) is 9.59 Å². The van der Waals surface area contributed by atoms with E-state index in [0.717, 1.165) is 5.01 Å². The second-order valence-corrected chi connectivity index (χ2v) is 6.25. The van der Waals surface area contributed by atoms with Gasteiger partial charge in [-0.15, -0.1) is 11.3 Å². The topological polar surface area (TPSA) is 79.3 Å². The lowest BCUT2D eigenvalue weighted by Gasteiger charge is -2.09. The molecule has 0 saturated heterocycles. The van der Waals surface area contributed by atoms with Crippen LogP contribution in [0.3, 0.4) is 0 Å². The van der Waals surface area contributed by atoms with E-state index < -0.39 is 11.9 Å². The molecule has 1 aromatic heterocycles. The minimum atomic E-state index is -0.899. The lowest BCUT2D eigenvalue weighted by Crippen LogP contribution is -2.13.